The van der Waals surface area contributed by atoms with Crippen LogP contribution in [-0.2, 0) is 6.54 Å². The van der Waals surface area contributed by atoms with Gasteiger partial charge in [0.2, 0.25) is 0 Å². The molecular weight excluding hydrogens is 314 g/mol. The lowest BCUT2D eigenvalue weighted by molar-refractivity contribution is 0.0633. The Balaban J connectivity index is 1.95. The van der Waals surface area contributed by atoms with E-state index in [1.807, 2.05) is 30.0 Å². The van der Waals surface area contributed by atoms with Crippen LogP contribution in [0.5, 0.6) is 5.75 Å². The topological polar surface area (TPSA) is 37.7 Å². The summed E-state index contributed by atoms with van der Waals surface area (Å²) < 4.78 is 7.93. The average molecular weight is 343 g/mol. The Kier molecular flexibility index (Phi) is 5.63. The first-order valence-electron chi connectivity index (χ1n) is 9.46. The number of hydrogen-bond acceptors (Lipinski definition) is 3. The fraction of sp³-hybridized carbons (Fsp3) is 0.550. The van der Waals surface area contributed by atoms with Gasteiger partial charge in [0.25, 0.3) is 5.91 Å². The fourth-order valence-electron chi connectivity index (χ4n) is 3.61. The molecule has 5 nitrogen and oxygen atoms in total. The van der Waals surface area contributed by atoms with E-state index in [-0.39, 0.29) is 5.91 Å². The van der Waals surface area contributed by atoms with E-state index in [0.29, 0.717) is 6.61 Å². The number of fused-ring (bicyclic) bond motifs is 1. The van der Waals surface area contributed by atoms with Crippen molar-refractivity contribution in [3.05, 3.63) is 30.0 Å². The molecule has 2 aromatic rings. The summed E-state index contributed by atoms with van der Waals surface area (Å²) in [4.78, 5) is 17.6. The first-order valence-corrected chi connectivity index (χ1v) is 9.46. The Morgan fingerprint density at radius 1 is 1.12 bits per heavy atom. The van der Waals surface area contributed by atoms with E-state index in [0.717, 1.165) is 68.0 Å². The van der Waals surface area contributed by atoms with E-state index in [1.165, 1.54) is 0 Å². The highest BCUT2D eigenvalue weighted by Gasteiger charge is 2.25. The maximum Gasteiger partial charge on any atom is 0.270 e. The first-order chi connectivity index (χ1) is 12.2. The van der Waals surface area contributed by atoms with Gasteiger partial charge in [-0.15, -0.1) is 0 Å². The third kappa shape index (κ3) is 3.52. The molecule has 1 aromatic heterocycles. The minimum Gasteiger partial charge on any atom is -0.493 e. The molecule has 1 fully saturated rings. The zero-order valence-corrected chi connectivity index (χ0v) is 15.6. The maximum atomic E-state index is 13.2. The van der Waals surface area contributed by atoms with E-state index < -0.39 is 0 Å². The molecule has 0 atom stereocenters. The standard InChI is InChI=1S/C20H29N3O2/c1-4-10-23-17-8-7-9-19(25-6-3)16(17)15-18(23)20(24)22-13-11-21(5-2)12-14-22/h7-9,15H,4-6,10-14H2,1-3H3. The molecule has 136 valence electrons. The zero-order chi connectivity index (χ0) is 17.8. The van der Waals surface area contributed by atoms with Crippen LogP contribution in [0, 0.1) is 0 Å². The second-order valence-electron chi connectivity index (χ2n) is 6.53. The van der Waals surface area contributed by atoms with E-state index in [1.54, 1.807) is 0 Å². The van der Waals surface area contributed by atoms with Crippen LogP contribution < -0.4 is 4.74 Å². The van der Waals surface area contributed by atoms with E-state index in [9.17, 15) is 4.79 Å². The Morgan fingerprint density at radius 3 is 2.52 bits per heavy atom. The number of benzene rings is 1. The summed E-state index contributed by atoms with van der Waals surface area (Å²) in [6.07, 6.45) is 0.993. The smallest absolute Gasteiger partial charge is 0.270 e. The highest BCUT2D eigenvalue weighted by Crippen LogP contribution is 2.30. The van der Waals surface area contributed by atoms with Gasteiger partial charge in [-0.2, -0.15) is 0 Å². The summed E-state index contributed by atoms with van der Waals surface area (Å²) in [5, 5.41) is 1.04. The SMILES string of the molecule is CCCn1c(C(=O)N2CCN(CC)CC2)cc2c(OCC)cccc21. The Hall–Kier alpha value is -2.01. The second kappa shape index (κ2) is 7.91. The lowest BCUT2D eigenvalue weighted by Crippen LogP contribution is -2.48. The highest BCUT2D eigenvalue weighted by atomic mass is 16.5. The maximum absolute atomic E-state index is 13.2. The van der Waals surface area contributed by atoms with Crippen molar-refractivity contribution in [2.45, 2.75) is 33.7 Å². The molecule has 1 aliphatic rings. The summed E-state index contributed by atoms with van der Waals surface area (Å²) in [5.74, 6) is 1.00. The molecule has 0 N–H and O–H groups in total. The van der Waals surface area contributed by atoms with Crippen molar-refractivity contribution in [1.82, 2.24) is 14.4 Å². The Bertz CT molecular complexity index is 730. The highest BCUT2D eigenvalue weighted by molar-refractivity contribution is 6.00. The van der Waals surface area contributed by atoms with Crippen molar-refractivity contribution in [2.75, 3.05) is 39.3 Å². The van der Waals surface area contributed by atoms with Crippen molar-refractivity contribution in [1.29, 1.82) is 0 Å². The second-order valence-corrected chi connectivity index (χ2v) is 6.53. The van der Waals surface area contributed by atoms with Gasteiger partial charge in [-0.05, 0) is 38.1 Å². The number of carbonyl (C=O) groups is 1. The number of nitrogens with zero attached hydrogens (tertiary/aromatic N) is 3. The van der Waals surface area contributed by atoms with Crippen molar-refractivity contribution < 1.29 is 9.53 Å². The Morgan fingerprint density at radius 2 is 1.88 bits per heavy atom. The molecular formula is C20H29N3O2. The monoisotopic (exact) mass is 343 g/mol. The quantitative estimate of drug-likeness (QED) is 0.808. The predicted octanol–water partition coefficient (Wildman–Crippen LogP) is 3.23. The predicted molar refractivity (Wildman–Crippen MR) is 101 cm³/mol. The van der Waals surface area contributed by atoms with Gasteiger partial charge >= 0.3 is 0 Å². The molecule has 0 radical (unpaired) electrons. The fourth-order valence-corrected chi connectivity index (χ4v) is 3.61. The van der Waals surface area contributed by atoms with Crippen LogP contribution in [0.1, 0.15) is 37.7 Å². The number of aromatic nitrogens is 1. The normalized spacial score (nSPS) is 15.7. The molecule has 0 aliphatic carbocycles. The molecule has 25 heavy (non-hydrogen) atoms. The molecule has 1 aliphatic heterocycles. The van der Waals surface area contributed by atoms with Crippen LogP contribution in [0.15, 0.2) is 24.3 Å². The molecule has 1 saturated heterocycles. The number of aryl methyl sites for hydroxylation is 1. The van der Waals surface area contributed by atoms with Crippen LogP contribution in [0.4, 0.5) is 0 Å². The lowest BCUT2D eigenvalue weighted by atomic mass is 10.2. The summed E-state index contributed by atoms with van der Waals surface area (Å²) >= 11 is 0. The number of piperazine rings is 1. The number of rotatable bonds is 6. The average Bonchev–Trinajstić information content (AvgIpc) is 3.01. The van der Waals surface area contributed by atoms with E-state index in [2.05, 4.69) is 29.4 Å². The molecule has 0 saturated carbocycles. The number of amides is 1. The van der Waals surface area contributed by atoms with Gasteiger partial charge in [0, 0.05) is 38.1 Å². The van der Waals surface area contributed by atoms with Crippen molar-refractivity contribution in [3.63, 3.8) is 0 Å². The number of likely N-dealkylation sites (N-methyl/N-ethyl adjacent to an activating group) is 1. The van der Waals surface area contributed by atoms with Gasteiger partial charge in [0.05, 0.1) is 12.1 Å². The van der Waals surface area contributed by atoms with Crippen molar-refractivity contribution in [2.24, 2.45) is 0 Å². The van der Waals surface area contributed by atoms with Gasteiger partial charge in [-0.1, -0.05) is 19.9 Å². The van der Waals surface area contributed by atoms with Crippen LogP contribution in [-0.4, -0.2) is 59.6 Å². The summed E-state index contributed by atoms with van der Waals surface area (Å²) in [6.45, 7) is 12.4. The van der Waals surface area contributed by atoms with Crippen LogP contribution in [0.25, 0.3) is 10.9 Å². The van der Waals surface area contributed by atoms with Gasteiger partial charge in [-0.3, -0.25) is 4.79 Å². The molecule has 0 spiro atoms. The first kappa shape index (κ1) is 17.8. The van der Waals surface area contributed by atoms with Crippen LogP contribution >= 0.6 is 0 Å². The molecule has 1 amide bonds. The number of hydrogen-bond donors (Lipinski definition) is 0. The molecule has 1 aromatic carbocycles. The zero-order valence-electron chi connectivity index (χ0n) is 15.6. The third-order valence-corrected chi connectivity index (χ3v) is 4.98. The third-order valence-electron chi connectivity index (χ3n) is 4.98. The molecule has 0 bridgehead atoms. The van der Waals surface area contributed by atoms with Gasteiger partial charge < -0.3 is 19.1 Å². The van der Waals surface area contributed by atoms with Crippen molar-refractivity contribution >= 4 is 16.8 Å². The number of ether oxygens (including phenoxy) is 1. The minimum atomic E-state index is 0.142. The van der Waals surface area contributed by atoms with E-state index in [4.69, 9.17) is 4.74 Å². The molecule has 5 heteroatoms. The lowest BCUT2D eigenvalue weighted by Gasteiger charge is -2.34. The van der Waals surface area contributed by atoms with Gasteiger partial charge in [0.1, 0.15) is 11.4 Å². The minimum absolute atomic E-state index is 0.142. The van der Waals surface area contributed by atoms with E-state index >= 15 is 0 Å². The largest absolute Gasteiger partial charge is 0.493 e. The molecule has 2 heterocycles. The van der Waals surface area contributed by atoms with Crippen LogP contribution in [0.2, 0.25) is 0 Å². The summed E-state index contributed by atoms with van der Waals surface area (Å²) in [5.41, 5.74) is 1.87. The molecule has 0 unspecified atom stereocenters. The van der Waals surface area contributed by atoms with Gasteiger partial charge in [0.15, 0.2) is 0 Å². The molecule has 3 rings (SSSR count). The van der Waals surface area contributed by atoms with Gasteiger partial charge in [-0.25, -0.2) is 0 Å². The summed E-state index contributed by atoms with van der Waals surface area (Å²) in [6, 6.07) is 8.09. The number of carbonyl (C=O) groups excluding carboxylic acids is 1. The van der Waals surface area contributed by atoms with Crippen molar-refractivity contribution in [3.8, 4) is 5.75 Å². The summed E-state index contributed by atoms with van der Waals surface area (Å²) in [7, 11) is 0. The van der Waals surface area contributed by atoms with Crippen LogP contribution in [0.3, 0.4) is 0 Å². The Labute approximate surface area is 150 Å².